The van der Waals surface area contributed by atoms with Gasteiger partial charge in [0.1, 0.15) is 17.8 Å². The van der Waals surface area contributed by atoms with E-state index >= 15 is 0 Å². The number of ketones is 1. The van der Waals surface area contributed by atoms with E-state index in [1.54, 1.807) is 23.4 Å². The first-order valence-electron chi connectivity index (χ1n) is 10.8. The maximum atomic E-state index is 12.9. The van der Waals surface area contributed by atoms with Crippen LogP contribution in [0, 0.1) is 5.92 Å². The zero-order chi connectivity index (χ0) is 22.7. The SMILES string of the molecule is C[C@H](Cc1nncn1C)c1cccc(CC(=O)c2cc(C(=O)N3CC(CO)C3)ccn2)c1. The third kappa shape index (κ3) is 4.75. The van der Waals surface area contributed by atoms with Gasteiger partial charge in [0.2, 0.25) is 0 Å². The van der Waals surface area contributed by atoms with E-state index in [4.69, 9.17) is 5.11 Å². The van der Waals surface area contributed by atoms with Crippen LogP contribution in [0.15, 0.2) is 48.9 Å². The topological polar surface area (TPSA) is 101 Å². The number of Topliss-reactive ketones (excluding diaryl/α,β-unsaturated/α-hetero) is 1. The van der Waals surface area contributed by atoms with Gasteiger partial charge in [-0.15, -0.1) is 10.2 Å². The standard InChI is InChI=1S/C24H27N5O3/c1-16(8-23-27-26-15-28(23)2)19-5-3-4-17(9-19)10-22(31)21-11-20(6-7-25-21)24(32)29-12-18(13-29)14-30/h3-7,9,11,15-16,18,30H,8,10,12-14H2,1-2H3/t16-/m1/s1. The van der Waals surface area contributed by atoms with Gasteiger partial charge in [-0.2, -0.15) is 0 Å². The van der Waals surface area contributed by atoms with E-state index < -0.39 is 0 Å². The first-order valence-corrected chi connectivity index (χ1v) is 10.8. The molecular formula is C24H27N5O3. The molecule has 32 heavy (non-hydrogen) atoms. The van der Waals surface area contributed by atoms with Crippen LogP contribution in [0.2, 0.25) is 0 Å². The van der Waals surface area contributed by atoms with Crippen molar-refractivity contribution in [3.05, 3.63) is 77.1 Å². The quantitative estimate of drug-likeness (QED) is 0.546. The minimum atomic E-state index is -0.134. The Morgan fingerprint density at radius 3 is 2.75 bits per heavy atom. The molecule has 0 aliphatic carbocycles. The number of nitrogens with zero attached hydrogens (tertiary/aromatic N) is 5. The van der Waals surface area contributed by atoms with Crippen molar-refractivity contribution in [3.8, 4) is 0 Å². The normalized spacial score (nSPS) is 14.8. The van der Waals surface area contributed by atoms with Crippen LogP contribution in [-0.4, -0.2) is 61.1 Å². The van der Waals surface area contributed by atoms with E-state index in [1.807, 2.05) is 29.8 Å². The second-order valence-corrected chi connectivity index (χ2v) is 8.50. The van der Waals surface area contributed by atoms with Crippen LogP contribution < -0.4 is 0 Å². The minimum absolute atomic E-state index is 0.0835. The van der Waals surface area contributed by atoms with Crippen LogP contribution in [0.1, 0.15) is 50.6 Å². The summed E-state index contributed by atoms with van der Waals surface area (Å²) in [4.78, 5) is 31.3. The second-order valence-electron chi connectivity index (χ2n) is 8.50. The molecule has 1 atom stereocenters. The van der Waals surface area contributed by atoms with E-state index in [-0.39, 0.29) is 42.2 Å². The Morgan fingerprint density at radius 1 is 1.22 bits per heavy atom. The maximum Gasteiger partial charge on any atom is 0.254 e. The monoisotopic (exact) mass is 433 g/mol. The fourth-order valence-electron chi connectivity index (χ4n) is 3.92. The molecule has 8 nitrogen and oxygen atoms in total. The number of benzene rings is 1. The molecule has 3 aromatic rings. The van der Waals surface area contributed by atoms with Gasteiger partial charge >= 0.3 is 0 Å². The summed E-state index contributed by atoms with van der Waals surface area (Å²) in [5.74, 6) is 1.02. The third-order valence-corrected chi connectivity index (χ3v) is 5.97. The number of hydrogen-bond donors (Lipinski definition) is 1. The summed E-state index contributed by atoms with van der Waals surface area (Å²) in [5, 5.41) is 17.2. The number of aryl methyl sites for hydroxylation is 1. The van der Waals surface area contributed by atoms with Crippen molar-refractivity contribution in [2.24, 2.45) is 13.0 Å². The highest BCUT2D eigenvalue weighted by molar-refractivity contribution is 6.00. The van der Waals surface area contributed by atoms with E-state index in [0.717, 1.165) is 23.4 Å². The van der Waals surface area contributed by atoms with E-state index in [9.17, 15) is 9.59 Å². The van der Waals surface area contributed by atoms with Crippen LogP contribution in [-0.2, 0) is 19.9 Å². The Bertz CT molecular complexity index is 1120. The van der Waals surface area contributed by atoms with Gasteiger partial charge in [-0.25, -0.2) is 0 Å². The lowest BCUT2D eigenvalue weighted by Gasteiger charge is -2.38. The second kappa shape index (κ2) is 9.40. The Hall–Kier alpha value is -3.39. The molecule has 2 aromatic heterocycles. The average Bonchev–Trinajstić information content (AvgIpc) is 3.17. The van der Waals surface area contributed by atoms with Crippen molar-refractivity contribution in [1.82, 2.24) is 24.6 Å². The summed E-state index contributed by atoms with van der Waals surface area (Å²) in [6.07, 6.45) is 4.16. The maximum absolute atomic E-state index is 12.9. The lowest BCUT2D eigenvalue weighted by molar-refractivity contribution is 0.0362. The molecule has 166 valence electrons. The van der Waals surface area contributed by atoms with Crippen LogP contribution in [0.4, 0.5) is 0 Å². The lowest BCUT2D eigenvalue weighted by Crippen LogP contribution is -2.51. The van der Waals surface area contributed by atoms with Crippen LogP contribution >= 0.6 is 0 Å². The molecule has 0 spiro atoms. The molecule has 1 N–H and O–H groups in total. The first kappa shape index (κ1) is 21.8. The van der Waals surface area contributed by atoms with E-state index in [0.29, 0.717) is 18.7 Å². The molecule has 0 bridgehead atoms. The molecule has 1 aromatic carbocycles. The number of rotatable bonds is 8. The van der Waals surface area contributed by atoms with Gasteiger partial charge in [-0.1, -0.05) is 31.2 Å². The molecule has 1 saturated heterocycles. The number of hydrogen-bond acceptors (Lipinski definition) is 6. The molecule has 4 rings (SSSR count). The van der Waals surface area contributed by atoms with Gasteiger partial charge < -0.3 is 14.6 Å². The number of likely N-dealkylation sites (tertiary alicyclic amines) is 1. The van der Waals surface area contributed by atoms with Gasteiger partial charge in [-0.05, 0) is 29.2 Å². The van der Waals surface area contributed by atoms with Crippen molar-refractivity contribution in [2.45, 2.75) is 25.7 Å². The highest BCUT2D eigenvalue weighted by Gasteiger charge is 2.30. The van der Waals surface area contributed by atoms with Gasteiger partial charge in [0.05, 0.1) is 0 Å². The van der Waals surface area contributed by atoms with Crippen molar-refractivity contribution >= 4 is 11.7 Å². The van der Waals surface area contributed by atoms with E-state index in [2.05, 4.69) is 28.2 Å². The molecule has 1 amide bonds. The number of aliphatic hydroxyl groups is 1. The number of aliphatic hydroxyl groups excluding tert-OH is 1. The Morgan fingerprint density at radius 2 is 2.03 bits per heavy atom. The fourth-order valence-corrected chi connectivity index (χ4v) is 3.92. The van der Waals surface area contributed by atoms with Crippen molar-refractivity contribution < 1.29 is 14.7 Å². The smallest absolute Gasteiger partial charge is 0.254 e. The Labute approximate surface area is 186 Å². The molecule has 0 saturated carbocycles. The van der Waals surface area contributed by atoms with Gasteiger partial charge in [0, 0.05) is 57.3 Å². The van der Waals surface area contributed by atoms with Crippen LogP contribution in [0.5, 0.6) is 0 Å². The molecule has 1 aliphatic rings. The number of carbonyl (C=O) groups excluding carboxylic acids is 2. The number of aromatic nitrogens is 4. The summed E-state index contributed by atoms with van der Waals surface area (Å²) < 4.78 is 1.91. The van der Waals surface area contributed by atoms with Crippen LogP contribution in [0.25, 0.3) is 0 Å². The molecule has 0 radical (unpaired) electrons. The lowest BCUT2D eigenvalue weighted by atomic mass is 9.94. The van der Waals surface area contributed by atoms with Gasteiger partial charge in [0.25, 0.3) is 5.91 Å². The number of amides is 1. The van der Waals surface area contributed by atoms with E-state index in [1.165, 1.54) is 6.20 Å². The van der Waals surface area contributed by atoms with Gasteiger partial charge in [0.15, 0.2) is 5.78 Å². The first-order chi connectivity index (χ1) is 15.4. The predicted molar refractivity (Wildman–Crippen MR) is 118 cm³/mol. The van der Waals surface area contributed by atoms with Crippen LogP contribution in [0.3, 0.4) is 0 Å². The molecule has 0 unspecified atom stereocenters. The summed E-state index contributed by atoms with van der Waals surface area (Å²) >= 11 is 0. The zero-order valence-electron chi connectivity index (χ0n) is 18.3. The molecule has 8 heteroatoms. The van der Waals surface area contributed by atoms with Crippen molar-refractivity contribution in [2.75, 3.05) is 19.7 Å². The third-order valence-electron chi connectivity index (χ3n) is 5.97. The summed E-state index contributed by atoms with van der Waals surface area (Å²) in [7, 11) is 1.93. The highest BCUT2D eigenvalue weighted by atomic mass is 16.3. The minimum Gasteiger partial charge on any atom is -0.396 e. The van der Waals surface area contributed by atoms with Gasteiger partial charge in [-0.3, -0.25) is 14.6 Å². The fraction of sp³-hybridized carbons (Fsp3) is 0.375. The van der Waals surface area contributed by atoms with Crippen molar-refractivity contribution in [1.29, 1.82) is 0 Å². The predicted octanol–water partition coefficient (Wildman–Crippen LogP) is 2.05. The molecule has 1 aliphatic heterocycles. The summed E-state index contributed by atoms with van der Waals surface area (Å²) in [6, 6.07) is 11.2. The van der Waals surface area contributed by atoms with Crippen molar-refractivity contribution in [3.63, 3.8) is 0 Å². The largest absolute Gasteiger partial charge is 0.396 e. The average molecular weight is 434 g/mol. The molecule has 3 heterocycles. The number of carbonyl (C=O) groups is 2. The number of pyridine rings is 1. The Balaban J connectivity index is 1.42. The molecule has 1 fully saturated rings. The summed E-state index contributed by atoms with van der Waals surface area (Å²) in [5.41, 5.74) is 2.77. The Kier molecular flexibility index (Phi) is 6.41. The molecular weight excluding hydrogens is 406 g/mol. The highest BCUT2D eigenvalue weighted by Crippen LogP contribution is 2.22. The zero-order valence-corrected chi connectivity index (χ0v) is 18.3. The summed E-state index contributed by atoms with van der Waals surface area (Å²) in [6.45, 7) is 3.30.